The van der Waals surface area contributed by atoms with E-state index in [2.05, 4.69) is 10.3 Å². The standard InChI is InChI=1S/C11H13FN4/c1-15(8-11-7-13-14-16(11)2)10-5-3-9(12)4-6-10/h3-7H,8H2,1-2H3. The third kappa shape index (κ3) is 2.18. The van der Waals surface area contributed by atoms with Crippen molar-refractivity contribution in [2.24, 2.45) is 7.05 Å². The van der Waals surface area contributed by atoms with Gasteiger partial charge < -0.3 is 4.90 Å². The normalized spacial score (nSPS) is 10.4. The van der Waals surface area contributed by atoms with Crippen LogP contribution >= 0.6 is 0 Å². The number of benzene rings is 1. The molecule has 0 spiro atoms. The lowest BCUT2D eigenvalue weighted by Crippen LogP contribution is -2.18. The van der Waals surface area contributed by atoms with Crippen LogP contribution in [0.4, 0.5) is 10.1 Å². The Morgan fingerprint density at radius 1 is 1.31 bits per heavy atom. The second-order valence-corrected chi connectivity index (χ2v) is 3.68. The van der Waals surface area contributed by atoms with Crippen molar-refractivity contribution in [3.8, 4) is 0 Å². The van der Waals surface area contributed by atoms with Gasteiger partial charge in [0.2, 0.25) is 0 Å². The van der Waals surface area contributed by atoms with E-state index in [1.807, 2.05) is 19.0 Å². The predicted octanol–water partition coefficient (Wildman–Crippen LogP) is 1.59. The number of rotatable bonds is 3. The van der Waals surface area contributed by atoms with Crippen LogP contribution in [0.25, 0.3) is 0 Å². The van der Waals surface area contributed by atoms with Crippen molar-refractivity contribution in [1.82, 2.24) is 15.0 Å². The molecule has 1 aromatic carbocycles. The molecule has 1 aromatic heterocycles. The molecule has 2 rings (SSSR count). The van der Waals surface area contributed by atoms with Crippen molar-refractivity contribution in [1.29, 1.82) is 0 Å². The SMILES string of the molecule is CN(Cc1cnnn1C)c1ccc(F)cc1. The Labute approximate surface area is 93.3 Å². The zero-order valence-corrected chi connectivity index (χ0v) is 9.26. The van der Waals surface area contributed by atoms with Gasteiger partial charge in [-0.15, -0.1) is 5.10 Å². The van der Waals surface area contributed by atoms with Gasteiger partial charge in [0.1, 0.15) is 5.82 Å². The molecule has 1 heterocycles. The summed E-state index contributed by atoms with van der Waals surface area (Å²) in [7, 11) is 3.79. The summed E-state index contributed by atoms with van der Waals surface area (Å²) in [5, 5.41) is 7.67. The number of aryl methyl sites for hydroxylation is 1. The van der Waals surface area contributed by atoms with Gasteiger partial charge in [0.05, 0.1) is 18.4 Å². The van der Waals surface area contributed by atoms with E-state index < -0.39 is 0 Å². The molecule has 0 aliphatic carbocycles. The van der Waals surface area contributed by atoms with Gasteiger partial charge >= 0.3 is 0 Å². The lowest BCUT2D eigenvalue weighted by atomic mass is 10.3. The fourth-order valence-corrected chi connectivity index (χ4v) is 1.48. The molecule has 0 fully saturated rings. The van der Waals surface area contributed by atoms with Crippen molar-refractivity contribution >= 4 is 5.69 Å². The average molecular weight is 220 g/mol. The Hall–Kier alpha value is -1.91. The van der Waals surface area contributed by atoms with E-state index in [0.29, 0.717) is 6.54 Å². The van der Waals surface area contributed by atoms with Gasteiger partial charge in [-0.05, 0) is 24.3 Å². The molecule has 4 nitrogen and oxygen atoms in total. The van der Waals surface area contributed by atoms with E-state index >= 15 is 0 Å². The van der Waals surface area contributed by atoms with Crippen LogP contribution in [-0.2, 0) is 13.6 Å². The Morgan fingerprint density at radius 2 is 2.00 bits per heavy atom. The fraction of sp³-hybridized carbons (Fsp3) is 0.273. The number of hydrogen-bond donors (Lipinski definition) is 0. The maximum atomic E-state index is 12.7. The topological polar surface area (TPSA) is 34.0 Å². The molecule has 0 saturated carbocycles. The Kier molecular flexibility index (Phi) is 2.85. The molecule has 0 bridgehead atoms. The van der Waals surface area contributed by atoms with Crippen LogP contribution < -0.4 is 4.90 Å². The van der Waals surface area contributed by atoms with E-state index in [4.69, 9.17) is 0 Å². The second-order valence-electron chi connectivity index (χ2n) is 3.68. The average Bonchev–Trinajstić information content (AvgIpc) is 2.65. The lowest BCUT2D eigenvalue weighted by molar-refractivity contribution is 0.627. The van der Waals surface area contributed by atoms with Gasteiger partial charge in [-0.1, -0.05) is 5.21 Å². The first-order valence-corrected chi connectivity index (χ1v) is 4.97. The molecule has 0 aliphatic heterocycles. The monoisotopic (exact) mass is 220 g/mol. The van der Waals surface area contributed by atoms with Crippen molar-refractivity contribution in [2.75, 3.05) is 11.9 Å². The fourth-order valence-electron chi connectivity index (χ4n) is 1.48. The molecule has 0 amide bonds. The van der Waals surface area contributed by atoms with Gasteiger partial charge in [-0.3, -0.25) is 4.68 Å². The molecule has 0 atom stereocenters. The van der Waals surface area contributed by atoms with Crippen LogP contribution in [0.15, 0.2) is 30.5 Å². The Balaban J connectivity index is 2.11. The highest BCUT2D eigenvalue weighted by atomic mass is 19.1. The largest absolute Gasteiger partial charge is 0.369 e. The third-order valence-corrected chi connectivity index (χ3v) is 2.47. The first kappa shape index (κ1) is 10.6. The van der Waals surface area contributed by atoms with Gasteiger partial charge in [0.15, 0.2) is 0 Å². The second kappa shape index (κ2) is 4.30. The van der Waals surface area contributed by atoms with E-state index in [-0.39, 0.29) is 5.82 Å². The number of nitrogens with zero attached hydrogens (tertiary/aromatic N) is 4. The summed E-state index contributed by atoms with van der Waals surface area (Å²) in [6.07, 6.45) is 1.72. The number of hydrogen-bond acceptors (Lipinski definition) is 3. The van der Waals surface area contributed by atoms with E-state index in [0.717, 1.165) is 11.4 Å². The maximum Gasteiger partial charge on any atom is 0.123 e. The first-order valence-electron chi connectivity index (χ1n) is 4.97. The molecule has 0 saturated heterocycles. The Bertz CT molecular complexity index is 463. The van der Waals surface area contributed by atoms with Gasteiger partial charge in [-0.25, -0.2) is 4.39 Å². The summed E-state index contributed by atoms with van der Waals surface area (Å²) < 4.78 is 14.5. The summed E-state index contributed by atoms with van der Waals surface area (Å²) >= 11 is 0. The van der Waals surface area contributed by atoms with E-state index in [1.54, 1.807) is 23.0 Å². The molecule has 5 heteroatoms. The summed E-state index contributed by atoms with van der Waals surface area (Å²) in [5.41, 5.74) is 1.97. The van der Waals surface area contributed by atoms with Crippen molar-refractivity contribution in [2.45, 2.75) is 6.54 Å². The highest BCUT2D eigenvalue weighted by Crippen LogP contribution is 2.15. The first-order chi connectivity index (χ1) is 7.66. The zero-order chi connectivity index (χ0) is 11.5. The van der Waals surface area contributed by atoms with Crippen molar-refractivity contribution < 1.29 is 4.39 Å². The molecule has 84 valence electrons. The predicted molar refractivity (Wildman–Crippen MR) is 59.5 cm³/mol. The van der Waals surface area contributed by atoms with Crippen LogP contribution in [0, 0.1) is 5.82 Å². The van der Waals surface area contributed by atoms with Crippen LogP contribution in [0.1, 0.15) is 5.69 Å². The van der Waals surface area contributed by atoms with Gasteiger partial charge in [0, 0.05) is 19.8 Å². The molecule has 0 unspecified atom stereocenters. The summed E-state index contributed by atoms with van der Waals surface area (Å²) in [6, 6.07) is 6.40. The number of aromatic nitrogens is 3. The molecule has 0 aliphatic rings. The zero-order valence-electron chi connectivity index (χ0n) is 9.26. The molecule has 0 radical (unpaired) electrons. The van der Waals surface area contributed by atoms with Gasteiger partial charge in [0.25, 0.3) is 0 Å². The van der Waals surface area contributed by atoms with Crippen molar-refractivity contribution in [3.63, 3.8) is 0 Å². The summed E-state index contributed by atoms with van der Waals surface area (Å²) in [5.74, 6) is -0.223. The smallest absolute Gasteiger partial charge is 0.123 e. The minimum Gasteiger partial charge on any atom is -0.369 e. The minimum atomic E-state index is -0.223. The molecular weight excluding hydrogens is 207 g/mol. The minimum absolute atomic E-state index is 0.223. The third-order valence-electron chi connectivity index (χ3n) is 2.47. The van der Waals surface area contributed by atoms with Crippen molar-refractivity contribution in [3.05, 3.63) is 42.0 Å². The highest BCUT2D eigenvalue weighted by molar-refractivity contribution is 5.45. The molecular formula is C11H13FN4. The van der Waals surface area contributed by atoms with Crippen LogP contribution in [0.2, 0.25) is 0 Å². The number of anilines is 1. The van der Waals surface area contributed by atoms with Crippen LogP contribution in [0.3, 0.4) is 0 Å². The maximum absolute atomic E-state index is 12.7. The highest BCUT2D eigenvalue weighted by Gasteiger charge is 2.05. The van der Waals surface area contributed by atoms with Gasteiger partial charge in [-0.2, -0.15) is 0 Å². The molecule has 0 N–H and O–H groups in total. The number of halogens is 1. The summed E-state index contributed by atoms with van der Waals surface area (Å²) in [6.45, 7) is 0.690. The van der Waals surface area contributed by atoms with E-state index in [9.17, 15) is 4.39 Å². The Morgan fingerprint density at radius 3 is 2.56 bits per heavy atom. The van der Waals surface area contributed by atoms with E-state index in [1.165, 1.54) is 12.1 Å². The summed E-state index contributed by atoms with van der Waals surface area (Å²) in [4.78, 5) is 2.01. The van der Waals surface area contributed by atoms with Crippen LogP contribution in [0.5, 0.6) is 0 Å². The lowest BCUT2D eigenvalue weighted by Gasteiger charge is -2.18. The van der Waals surface area contributed by atoms with Crippen LogP contribution in [-0.4, -0.2) is 22.0 Å². The molecule has 2 aromatic rings. The molecule has 16 heavy (non-hydrogen) atoms. The quantitative estimate of drug-likeness (QED) is 0.787.